The second-order valence-electron chi connectivity index (χ2n) is 6.91. The lowest BCUT2D eigenvalue weighted by molar-refractivity contribution is 0.0285. The van der Waals surface area contributed by atoms with Gasteiger partial charge in [0.15, 0.2) is 0 Å². The van der Waals surface area contributed by atoms with Crippen LogP contribution in [-0.2, 0) is 4.74 Å². The van der Waals surface area contributed by atoms with Gasteiger partial charge in [-0.2, -0.15) is 0 Å². The van der Waals surface area contributed by atoms with Crippen LogP contribution in [0.1, 0.15) is 48.9 Å². The van der Waals surface area contributed by atoms with E-state index in [0.717, 1.165) is 48.6 Å². The first-order valence-corrected chi connectivity index (χ1v) is 8.96. The molecule has 2 saturated heterocycles. The van der Waals surface area contributed by atoms with E-state index >= 15 is 0 Å². The van der Waals surface area contributed by atoms with Gasteiger partial charge in [0, 0.05) is 36.6 Å². The largest absolute Gasteiger partial charge is 0.381 e. The van der Waals surface area contributed by atoms with Gasteiger partial charge in [-0.05, 0) is 52.1 Å². The molecule has 0 aliphatic carbocycles. The number of hydrogen-bond donors (Lipinski definition) is 0. The number of likely N-dealkylation sites (tertiary alicyclic amines) is 1. The number of rotatable bonds is 3. The molecular formula is C19H25N3O2. The van der Waals surface area contributed by atoms with Gasteiger partial charge in [0.1, 0.15) is 5.76 Å². The molecule has 2 aliphatic heterocycles. The van der Waals surface area contributed by atoms with Crippen LogP contribution in [0.2, 0.25) is 0 Å². The molecule has 0 saturated carbocycles. The summed E-state index contributed by atoms with van der Waals surface area (Å²) in [5, 5.41) is 4.04. The zero-order valence-electron chi connectivity index (χ0n) is 14.5. The zero-order chi connectivity index (χ0) is 16.5. The van der Waals surface area contributed by atoms with Crippen molar-refractivity contribution in [3.05, 3.63) is 35.5 Å². The minimum atomic E-state index is 0.451. The summed E-state index contributed by atoms with van der Waals surface area (Å²) in [4.78, 5) is 7.45. The van der Waals surface area contributed by atoms with E-state index in [4.69, 9.17) is 14.2 Å². The normalized spacial score (nSPS) is 23.0. The molecule has 0 radical (unpaired) electrons. The highest BCUT2D eigenvalue weighted by Gasteiger charge is 2.33. The molecule has 128 valence electrons. The SMILES string of the molecule is Cc1noc(C)c1-c1ccc([C@@H]2CCCN2C2CCOCC2)nc1. The molecule has 0 N–H and O–H groups in total. The predicted molar refractivity (Wildman–Crippen MR) is 91.7 cm³/mol. The lowest BCUT2D eigenvalue weighted by Crippen LogP contribution is -2.39. The van der Waals surface area contributed by atoms with E-state index in [1.807, 2.05) is 20.0 Å². The number of hydrogen-bond acceptors (Lipinski definition) is 5. The summed E-state index contributed by atoms with van der Waals surface area (Å²) in [5.41, 5.74) is 4.27. The van der Waals surface area contributed by atoms with Crippen molar-refractivity contribution in [2.24, 2.45) is 0 Å². The quantitative estimate of drug-likeness (QED) is 0.861. The van der Waals surface area contributed by atoms with Crippen molar-refractivity contribution in [3.63, 3.8) is 0 Å². The fourth-order valence-corrected chi connectivity index (χ4v) is 4.21. The van der Waals surface area contributed by atoms with Crippen LogP contribution in [0.15, 0.2) is 22.9 Å². The molecule has 2 fully saturated rings. The molecule has 5 nitrogen and oxygen atoms in total. The van der Waals surface area contributed by atoms with Crippen molar-refractivity contribution in [2.75, 3.05) is 19.8 Å². The van der Waals surface area contributed by atoms with Gasteiger partial charge < -0.3 is 9.26 Å². The predicted octanol–water partition coefficient (Wildman–Crippen LogP) is 3.67. The first kappa shape index (κ1) is 15.8. The topological polar surface area (TPSA) is 51.4 Å². The monoisotopic (exact) mass is 327 g/mol. The Morgan fingerprint density at radius 3 is 2.62 bits per heavy atom. The maximum Gasteiger partial charge on any atom is 0.141 e. The van der Waals surface area contributed by atoms with Crippen LogP contribution in [0.4, 0.5) is 0 Å². The van der Waals surface area contributed by atoms with Gasteiger partial charge in [0.2, 0.25) is 0 Å². The third-order valence-corrected chi connectivity index (χ3v) is 5.40. The molecule has 0 amide bonds. The van der Waals surface area contributed by atoms with E-state index in [9.17, 15) is 0 Å². The number of nitrogens with zero attached hydrogens (tertiary/aromatic N) is 3. The number of pyridine rings is 1. The standard InChI is InChI=1S/C19H25N3O2/c1-13-19(14(2)24-21-13)15-5-6-17(20-12-15)18-4-3-9-22(18)16-7-10-23-11-8-16/h5-6,12,16,18H,3-4,7-11H2,1-2H3/t18-/m0/s1. The summed E-state index contributed by atoms with van der Waals surface area (Å²) in [6, 6.07) is 5.45. The summed E-state index contributed by atoms with van der Waals surface area (Å²) in [7, 11) is 0. The second kappa shape index (κ2) is 6.65. The van der Waals surface area contributed by atoms with Crippen molar-refractivity contribution in [1.82, 2.24) is 15.0 Å². The Bertz CT molecular complexity index is 670. The lowest BCUT2D eigenvalue weighted by Gasteiger charge is -2.35. The van der Waals surface area contributed by atoms with Crippen molar-refractivity contribution in [1.29, 1.82) is 0 Å². The van der Waals surface area contributed by atoms with Crippen LogP contribution in [-0.4, -0.2) is 40.8 Å². The smallest absolute Gasteiger partial charge is 0.141 e. The van der Waals surface area contributed by atoms with E-state index in [1.54, 1.807) is 0 Å². The minimum Gasteiger partial charge on any atom is -0.381 e. The van der Waals surface area contributed by atoms with E-state index in [-0.39, 0.29) is 0 Å². The summed E-state index contributed by atoms with van der Waals surface area (Å²) in [6.45, 7) is 6.90. The van der Waals surface area contributed by atoms with Crippen LogP contribution < -0.4 is 0 Å². The molecule has 0 bridgehead atoms. The van der Waals surface area contributed by atoms with E-state index < -0.39 is 0 Å². The van der Waals surface area contributed by atoms with Crippen molar-refractivity contribution >= 4 is 0 Å². The van der Waals surface area contributed by atoms with E-state index in [0.29, 0.717) is 12.1 Å². The zero-order valence-corrected chi connectivity index (χ0v) is 14.5. The summed E-state index contributed by atoms with van der Waals surface area (Å²) >= 11 is 0. The Morgan fingerprint density at radius 2 is 1.96 bits per heavy atom. The first-order valence-electron chi connectivity index (χ1n) is 8.96. The maximum absolute atomic E-state index is 5.52. The second-order valence-corrected chi connectivity index (χ2v) is 6.91. The van der Waals surface area contributed by atoms with Gasteiger partial charge in [-0.15, -0.1) is 0 Å². The van der Waals surface area contributed by atoms with Crippen LogP contribution in [0.3, 0.4) is 0 Å². The summed E-state index contributed by atoms with van der Waals surface area (Å²) < 4.78 is 10.8. The number of aromatic nitrogens is 2. The van der Waals surface area contributed by atoms with Gasteiger partial charge in [-0.3, -0.25) is 9.88 Å². The van der Waals surface area contributed by atoms with Crippen LogP contribution >= 0.6 is 0 Å². The molecule has 2 aromatic heterocycles. The Balaban J connectivity index is 1.56. The lowest BCUT2D eigenvalue weighted by atomic mass is 10.0. The Hall–Kier alpha value is -1.72. The molecule has 4 rings (SSSR count). The maximum atomic E-state index is 5.52. The molecule has 24 heavy (non-hydrogen) atoms. The molecule has 4 heterocycles. The Morgan fingerprint density at radius 1 is 1.12 bits per heavy atom. The van der Waals surface area contributed by atoms with Crippen LogP contribution in [0.5, 0.6) is 0 Å². The van der Waals surface area contributed by atoms with Crippen LogP contribution in [0.25, 0.3) is 11.1 Å². The van der Waals surface area contributed by atoms with Gasteiger partial charge in [0.05, 0.1) is 17.4 Å². The molecule has 0 unspecified atom stereocenters. The summed E-state index contributed by atoms with van der Waals surface area (Å²) in [6.07, 6.45) is 6.73. The van der Waals surface area contributed by atoms with E-state index in [1.165, 1.54) is 25.1 Å². The molecule has 2 aromatic rings. The molecule has 0 aromatic carbocycles. The van der Waals surface area contributed by atoms with Crippen molar-refractivity contribution in [3.8, 4) is 11.1 Å². The molecule has 5 heteroatoms. The average Bonchev–Trinajstić information content (AvgIpc) is 3.23. The van der Waals surface area contributed by atoms with E-state index in [2.05, 4.69) is 22.2 Å². The highest BCUT2D eigenvalue weighted by atomic mass is 16.5. The first-order chi connectivity index (χ1) is 11.7. The van der Waals surface area contributed by atoms with Crippen molar-refractivity contribution in [2.45, 2.75) is 51.6 Å². The molecular weight excluding hydrogens is 302 g/mol. The fraction of sp³-hybridized carbons (Fsp3) is 0.579. The van der Waals surface area contributed by atoms with Gasteiger partial charge in [0.25, 0.3) is 0 Å². The average molecular weight is 327 g/mol. The molecule has 2 aliphatic rings. The third kappa shape index (κ3) is 2.87. The number of aryl methyl sites for hydroxylation is 2. The highest BCUT2D eigenvalue weighted by Crippen LogP contribution is 2.36. The van der Waals surface area contributed by atoms with Gasteiger partial charge in [-0.25, -0.2) is 0 Å². The Labute approximate surface area is 143 Å². The molecule has 1 atom stereocenters. The van der Waals surface area contributed by atoms with Gasteiger partial charge >= 0.3 is 0 Å². The number of ether oxygens (including phenoxy) is 1. The fourth-order valence-electron chi connectivity index (χ4n) is 4.21. The van der Waals surface area contributed by atoms with Crippen molar-refractivity contribution < 1.29 is 9.26 Å². The van der Waals surface area contributed by atoms with Crippen LogP contribution in [0, 0.1) is 13.8 Å². The Kier molecular flexibility index (Phi) is 4.37. The minimum absolute atomic E-state index is 0.451. The molecule has 0 spiro atoms. The summed E-state index contributed by atoms with van der Waals surface area (Å²) in [5.74, 6) is 0.853. The van der Waals surface area contributed by atoms with Gasteiger partial charge in [-0.1, -0.05) is 11.2 Å². The third-order valence-electron chi connectivity index (χ3n) is 5.40. The highest BCUT2D eigenvalue weighted by molar-refractivity contribution is 5.66.